The first-order chi connectivity index (χ1) is 10.3. The van der Waals surface area contributed by atoms with Gasteiger partial charge in [-0.05, 0) is 38.9 Å². The molecule has 118 valence electrons. The Kier molecular flexibility index (Phi) is 6.89. The lowest BCUT2D eigenvalue weighted by Gasteiger charge is -2.34. The second-order valence-corrected chi connectivity index (χ2v) is 5.83. The van der Waals surface area contributed by atoms with E-state index in [-0.39, 0.29) is 0 Å². The van der Waals surface area contributed by atoms with E-state index >= 15 is 0 Å². The highest BCUT2D eigenvalue weighted by atomic mass is 15.3. The summed E-state index contributed by atoms with van der Waals surface area (Å²) < 4.78 is 0. The van der Waals surface area contributed by atoms with Gasteiger partial charge in [-0.1, -0.05) is 13.3 Å². The highest BCUT2D eigenvalue weighted by Crippen LogP contribution is 2.10. The van der Waals surface area contributed by atoms with Gasteiger partial charge in [-0.25, -0.2) is 9.97 Å². The molecule has 1 unspecified atom stereocenters. The molecule has 1 atom stereocenters. The van der Waals surface area contributed by atoms with Crippen molar-refractivity contribution in [3.63, 3.8) is 0 Å². The van der Waals surface area contributed by atoms with Crippen LogP contribution in [0.2, 0.25) is 0 Å². The van der Waals surface area contributed by atoms with E-state index in [1.807, 2.05) is 18.5 Å². The van der Waals surface area contributed by atoms with Crippen molar-refractivity contribution in [3.05, 3.63) is 18.5 Å². The van der Waals surface area contributed by atoms with Crippen molar-refractivity contribution in [3.8, 4) is 0 Å². The van der Waals surface area contributed by atoms with Crippen LogP contribution in [0.25, 0.3) is 0 Å². The summed E-state index contributed by atoms with van der Waals surface area (Å²) in [5, 5.41) is 3.47. The van der Waals surface area contributed by atoms with Gasteiger partial charge in [0, 0.05) is 44.6 Å². The normalized spacial score (nSPS) is 17.9. The highest BCUT2D eigenvalue weighted by Gasteiger charge is 2.18. The van der Waals surface area contributed by atoms with Crippen LogP contribution in [0, 0.1) is 0 Å². The quantitative estimate of drug-likeness (QED) is 0.740. The van der Waals surface area contributed by atoms with Gasteiger partial charge in [0.1, 0.15) is 0 Å². The number of aromatic nitrogens is 2. The van der Waals surface area contributed by atoms with Crippen LogP contribution in [0.4, 0.5) is 5.95 Å². The maximum Gasteiger partial charge on any atom is 0.225 e. The number of nitrogens with one attached hydrogen (secondary N) is 1. The molecule has 0 bridgehead atoms. The van der Waals surface area contributed by atoms with Gasteiger partial charge in [-0.15, -0.1) is 0 Å². The molecular weight excluding hydrogens is 262 g/mol. The third-order valence-corrected chi connectivity index (χ3v) is 4.12. The van der Waals surface area contributed by atoms with Crippen LogP contribution < -0.4 is 10.2 Å². The second kappa shape index (κ2) is 8.95. The molecule has 5 nitrogen and oxygen atoms in total. The number of nitrogens with zero attached hydrogens (tertiary/aromatic N) is 4. The van der Waals surface area contributed by atoms with Crippen molar-refractivity contribution in [1.29, 1.82) is 0 Å². The topological polar surface area (TPSA) is 44.3 Å². The average Bonchev–Trinajstić information content (AvgIpc) is 2.53. The van der Waals surface area contributed by atoms with E-state index in [1.54, 1.807) is 0 Å². The Morgan fingerprint density at radius 3 is 2.52 bits per heavy atom. The van der Waals surface area contributed by atoms with Gasteiger partial charge in [0.25, 0.3) is 0 Å². The van der Waals surface area contributed by atoms with E-state index in [0.717, 1.165) is 38.7 Å². The van der Waals surface area contributed by atoms with E-state index in [0.29, 0.717) is 6.04 Å². The van der Waals surface area contributed by atoms with E-state index in [1.165, 1.54) is 25.8 Å². The molecule has 1 saturated heterocycles. The van der Waals surface area contributed by atoms with Crippen molar-refractivity contribution in [2.45, 2.75) is 39.2 Å². The van der Waals surface area contributed by atoms with Gasteiger partial charge in [0.2, 0.25) is 5.95 Å². The summed E-state index contributed by atoms with van der Waals surface area (Å²) in [5.41, 5.74) is 0. The number of piperazine rings is 1. The Labute approximate surface area is 128 Å². The lowest BCUT2D eigenvalue weighted by molar-refractivity contribution is 0.250. The molecule has 0 spiro atoms. The summed E-state index contributed by atoms with van der Waals surface area (Å²) in [4.78, 5) is 13.5. The van der Waals surface area contributed by atoms with Crippen LogP contribution in [0.15, 0.2) is 18.5 Å². The summed E-state index contributed by atoms with van der Waals surface area (Å²) >= 11 is 0. The first kappa shape index (κ1) is 16.2. The highest BCUT2D eigenvalue weighted by molar-refractivity contribution is 5.29. The first-order valence-corrected chi connectivity index (χ1v) is 8.27. The SMILES string of the molecule is CCNC(C)CCCCN1CCN(c2ncccn2)CC1. The predicted octanol–water partition coefficient (Wildman–Crippen LogP) is 1.77. The van der Waals surface area contributed by atoms with Crippen LogP contribution >= 0.6 is 0 Å². The largest absolute Gasteiger partial charge is 0.338 e. The maximum absolute atomic E-state index is 4.33. The molecule has 1 fully saturated rings. The second-order valence-electron chi connectivity index (χ2n) is 5.83. The number of unbranched alkanes of at least 4 members (excludes halogenated alkanes) is 1. The van der Waals surface area contributed by atoms with E-state index < -0.39 is 0 Å². The van der Waals surface area contributed by atoms with Gasteiger partial charge in [0.05, 0.1) is 0 Å². The Balaban J connectivity index is 1.59. The predicted molar refractivity (Wildman–Crippen MR) is 87.7 cm³/mol. The zero-order valence-corrected chi connectivity index (χ0v) is 13.5. The molecule has 1 N–H and O–H groups in total. The molecule has 1 aliphatic rings. The number of hydrogen-bond acceptors (Lipinski definition) is 5. The minimum atomic E-state index is 0.655. The molecule has 5 heteroatoms. The minimum absolute atomic E-state index is 0.655. The van der Waals surface area contributed by atoms with Gasteiger partial charge >= 0.3 is 0 Å². The molecule has 0 amide bonds. The van der Waals surface area contributed by atoms with Crippen LogP contribution in [0.5, 0.6) is 0 Å². The lowest BCUT2D eigenvalue weighted by atomic mass is 10.1. The molecule has 0 aromatic carbocycles. The standard InChI is InChI=1S/C16H29N5/c1-3-17-15(2)7-4-5-10-20-11-13-21(14-12-20)16-18-8-6-9-19-16/h6,8-9,15,17H,3-5,7,10-14H2,1-2H3. The smallest absolute Gasteiger partial charge is 0.225 e. The molecular formula is C16H29N5. The average molecular weight is 291 g/mol. The zero-order valence-electron chi connectivity index (χ0n) is 13.5. The monoisotopic (exact) mass is 291 g/mol. The fourth-order valence-corrected chi connectivity index (χ4v) is 2.86. The molecule has 2 heterocycles. The summed E-state index contributed by atoms with van der Waals surface area (Å²) in [7, 11) is 0. The van der Waals surface area contributed by atoms with Crippen molar-refractivity contribution in [2.24, 2.45) is 0 Å². The van der Waals surface area contributed by atoms with Crippen molar-refractivity contribution in [1.82, 2.24) is 20.2 Å². The Hall–Kier alpha value is -1.20. The van der Waals surface area contributed by atoms with E-state index in [9.17, 15) is 0 Å². The molecule has 1 aromatic rings. The van der Waals surface area contributed by atoms with Crippen molar-refractivity contribution >= 4 is 5.95 Å². The van der Waals surface area contributed by atoms with Gasteiger partial charge < -0.3 is 10.2 Å². The zero-order chi connectivity index (χ0) is 14.9. The minimum Gasteiger partial charge on any atom is -0.338 e. The lowest BCUT2D eigenvalue weighted by Crippen LogP contribution is -2.47. The van der Waals surface area contributed by atoms with Crippen LogP contribution in [0.3, 0.4) is 0 Å². The molecule has 1 aliphatic heterocycles. The molecule has 0 saturated carbocycles. The summed E-state index contributed by atoms with van der Waals surface area (Å²) in [6.45, 7) is 11.1. The molecule has 0 aliphatic carbocycles. The summed E-state index contributed by atoms with van der Waals surface area (Å²) in [6, 6.07) is 2.52. The van der Waals surface area contributed by atoms with Crippen molar-refractivity contribution in [2.75, 3.05) is 44.2 Å². The maximum atomic E-state index is 4.33. The fourth-order valence-electron chi connectivity index (χ4n) is 2.86. The molecule has 2 rings (SSSR count). The molecule has 1 aromatic heterocycles. The Bertz CT molecular complexity index is 376. The Morgan fingerprint density at radius 2 is 1.86 bits per heavy atom. The third kappa shape index (κ3) is 5.59. The number of anilines is 1. The summed E-state index contributed by atoms with van der Waals surface area (Å²) in [5.74, 6) is 0.872. The van der Waals surface area contributed by atoms with Crippen LogP contribution in [0.1, 0.15) is 33.1 Å². The first-order valence-electron chi connectivity index (χ1n) is 8.27. The van der Waals surface area contributed by atoms with Crippen LogP contribution in [-0.4, -0.2) is 60.2 Å². The van der Waals surface area contributed by atoms with Crippen LogP contribution in [-0.2, 0) is 0 Å². The van der Waals surface area contributed by atoms with E-state index in [2.05, 4.69) is 38.9 Å². The van der Waals surface area contributed by atoms with Gasteiger partial charge in [-0.2, -0.15) is 0 Å². The van der Waals surface area contributed by atoms with Crippen molar-refractivity contribution < 1.29 is 0 Å². The number of rotatable bonds is 8. The van der Waals surface area contributed by atoms with E-state index in [4.69, 9.17) is 0 Å². The Morgan fingerprint density at radius 1 is 1.14 bits per heavy atom. The number of hydrogen-bond donors (Lipinski definition) is 1. The summed E-state index contributed by atoms with van der Waals surface area (Å²) in [6.07, 6.45) is 7.54. The fraction of sp³-hybridized carbons (Fsp3) is 0.750. The van der Waals surface area contributed by atoms with Gasteiger partial charge in [-0.3, -0.25) is 4.90 Å². The van der Waals surface area contributed by atoms with Gasteiger partial charge in [0.15, 0.2) is 0 Å². The third-order valence-electron chi connectivity index (χ3n) is 4.12. The molecule has 0 radical (unpaired) electrons. The molecule has 21 heavy (non-hydrogen) atoms.